The molecule has 11 rings (SSSR count). The highest BCUT2D eigenvalue weighted by Gasteiger charge is 2.32. The zero-order chi connectivity index (χ0) is 56.1. The molecule has 77 heavy (non-hydrogen) atoms. The minimum Gasteiger partial charge on any atom is -0.455 e. The first-order chi connectivity index (χ1) is 36.1. The van der Waals surface area contributed by atoms with Crippen molar-refractivity contribution in [3.63, 3.8) is 0 Å². The highest BCUT2D eigenvalue weighted by Crippen LogP contribution is 2.42. The number of aromatic nitrogens is 4. The molecule has 7 aromatic carbocycles. The van der Waals surface area contributed by atoms with Crippen LogP contribution in [0.4, 0.5) is 0 Å². The number of furan rings is 1. The molecule has 0 aliphatic heterocycles. The Morgan fingerprint density at radius 1 is 0.247 bits per heavy atom. The fourth-order valence-corrected chi connectivity index (χ4v) is 11.5. The summed E-state index contributed by atoms with van der Waals surface area (Å²) in [7, 11) is 173. The van der Waals surface area contributed by atoms with Crippen molar-refractivity contribution in [2.45, 2.75) is 0 Å². The maximum Gasteiger partial charge on any atom is 0.164 e. The number of rotatable bonds is 4. The van der Waals surface area contributed by atoms with E-state index in [4.69, 9.17) is 223 Å². The summed E-state index contributed by atoms with van der Waals surface area (Å²) in [6, 6.07) is 0. The summed E-state index contributed by atoms with van der Waals surface area (Å²) in [5, 5.41) is 1.30. The van der Waals surface area contributed by atoms with E-state index in [0.717, 1.165) is 11.3 Å². The maximum atomic E-state index is 7.19. The van der Waals surface area contributed by atoms with Gasteiger partial charge in [-0.2, -0.15) is 0 Å². The van der Waals surface area contributed by atoms with E-state index in [9.17, 15) is 0 Å². The lowest BCUT2D eigenvalue weighted by molar-refractivity contribution is 0.670. The highest BCUT2D eigenvalue weighted by molar-refractivity contribution is 7.28. The van der Waals surface area contributed by atoms with Gasteiger partial charge in [0.25, 0.3) is 0 Å². The molecule has 0 aliphatic carbocycles. The van der Waals surface area contributed by atoms with Crippen LogP contribution in [0.5, 0.6) is 0 Å². The summed E-state index contributed by atoms with van der Waals surface area (Å²) in [5.41, 5.74) is -3.23. The second kappa shape index (κ2) is 18.3. The van der Waals surface area contributed by atoms with Gasteiger partial charge in [0, 0.05) is 58.7 Å². The fraction of sp³-hybridized carbons (Fsp3) is 0. The van der Waals surface area contributed by atoms with Crippen molar-refractivity contribution in [1.29, 1.82) is 0 Å². The normalized spacial score (nSPS) is 11.9. The average Bonchev–Trinajstić information content (AvgIpc) is 4.10. The molecule has 0 saturated carbocycles. The van der Waals surface area contributed by atoms with Crippen molar-refractivity contribution in [1.82, 2.24) is 19.5 Å². The van der Waals surface area contributed by atoms with Crippen LogP contribution in [0.1, 0.15) is 0 Å². The van der Waals surface area contributed by atoms with E-state index < -0.39 is 0 Å². The Morgan fingerprint density at radius 2 is 0.571 bits per heavy atom. The van der Waals surface area contributed by atoms with Crippen molar-refractivity contribution in [3.05, 3.63) is 0 Å². The number of benzene rings is 7. The monoisotopic (exact) mass is 930 g/mol. The van der Waals surface area contributed by atoms with Crippen molar-refractivity contribution < 1.29 is 4.42 Å². The SMILES string of the molecule is [B]c1c([B])c([B])c(-c2nc(-c3c([B])c([B])c([B])c([B])c3[B])nc(-c3c([B])c([B])c([B])c4oc5c(-n6c7c([B])c([B])c([B])c([B])c7c7c8sc9c([B])c([B])c([B])c([B])c9c8c([B])c([B])c76)c([B])c([B])c([B])c5c34)n2)c([B])c1[B]. The molecular formula is C45B26N4OS. The van der Waals surface area contributed by atoms with Crippen LogP contribution in [0, 0.1) is 0 Å². The quantitative estimate of drug-likeness (QED) is 0.165. The second-order valence-electron chi connectivity index (χ2n) is 18.3. The summed E-state index contributed by atoms with van der Waals surface area (Å²) < 4.78 is 9.22. The Hall–Kier alpha value is -4.94. The van der Waals surface area contributed by atoms with Gasteiger partial charge in [-0.25, -0.2) is 15.0 Å². The van der Waals surface area contributed by atoms with Crippen molar-refractivity contribution in [3.8, 4) is 39.9 Å². The van der Waals surface area contributed by atoms with Gasteiger partial charge in [0.1, 0.15) is 210 Å². The molecule has 4 aromatic heterocycles. The molecule has 0 amide bonds. The largest absolute Gasteiger partial charge is 0.455 e. The summed E-state index contributed by atoms with van der Waals surface area (Å²) in [6.45, 7) is 0. The van der Waals surface area contributed by atoms with Crippen molar-refractivity contribution in [2.24, 2.45) is 0 Å². The number of hydrogen-bond acceptors (Lipinski definition) is 5. The van der Waals surface area contributed by atoms with Gasteiger partial charge < -0.3 is 8.98 Å². The van der Waals surface area contributed by atoms with Gasteiger partial charge in [-0.05, 0) is 10.8 Å². The lowest BCUT2D eigenvalue weighted by Crippen LogP contribution is -2.55. The maximum absolute atomic E-state index is 7.19. The summed E-state index contributed by atoms with van der Waals surface area (Å²) in [4.78, 5) is 14.4. The zero-order valence-corrected chi connectivity index (χ0v) is 40.9. The molecule has 11 aromatic rings. The van der Waals surface area contributed by atoms with Gasteiger partial charge >= 0.3 is 0 Å². The molecule has 0 atom stereocenters. The Kier molecular flexibility index (Phi) is 12.8. The molecular weight excluding hydrogens is 926 g/mol. The Bertz CT molecular complexity index is 4520. The third kappa shape index (κ3) is 7.06. The molecule has 290 valence electrons. The number of nitrogens with zero attached hydrogens (tertiary/aromatic N) is 4. The Balaban J connectivity index is 1.36. The number of hydrogen-bond donors (Lipinski definition) is 0. The van der Waals surface area contributed by atoms with E-state index >= 15 is 0 Å². The molecule has 0 N–H and O–H groups in total. The first-order valence-electron chi connectivity index (χ1n) is 22.3. The van der Waals surface area contributed by atoms with Crippen LogP contribution in [0.25, 0.3) is 104 Å². The topological polar surface area (TPSA) is 56.7 Å². The molecule has 0 bridgehead atoms. The lowest BCUT2D eigenvalue weighted by atomic mass is 9.60. The fourth-order valence-electron chi connectivity index (χ4n) is 10.2. The molecule has 0 aliphatic rings. The number of fused-ring (bicyclic) bond motifs is 10. The minimum atomic E-state index is -0.306. The van der Waals surface area contributed by atoms with Gasteiger partial charge in [0.2, 0.25) is 0 Å². The molecule has 52 radical (unpaired) electrons. The Labute approximate surface area is 481 Å². The van der Waals surface area contributed by atoms with Gasteiger partial charge in [0.05, 0.1) is 5.69 Å². The van der Waals surface area contributed by atoms with Gasteiger partial charge in [0.15, 0.2) is 23.1 Å². The molecule has 4 heterocycles. The van der Waals surface area contributed by atoms with Crippen LogP contribution < -0.4 is 142 Å². The standard InChI is InChI=1S/C45B26N4OS/c46-10-2-7-37(31(67)13(49)4-5-12(48)20(56)30(66)35(71)42(5)77-41(4)7)75(36(2)32(68)29(65)19(10)55)38-33(69)25(61)11(47)3-1-6(14(50)26(62)34(70)39(1)76-40(3)38)43-72-44(8-15(51)21(57)27(63)22(58)16(8)52)74-45(73-43)9-17(53)23(59)28(64)24(60)18(9)54. The summed E-state index contributed by atoms with van der Waals surface area (Å²) >= 11 is 1.16. The van der Waals surface area contributed by atoms with E-state index in [-0.39, 0.29) is 220 Å². The van der Waals surface area contributed by atoms with Gasteiger partial charge in [-0.15, -0.1) is 76.9 Å². The predicted molar refractivity (Wildman–Crippen MR) is 351 cm³/mol. The third-order valence-electron chi connectivity index (χ3n) is 14.4. The minimum absolute atomic E-state index is 0.00422. The van der Waals surface area contributed by atoms with Gasteiger partial charge in [-0.1, -0.05) is 76.5 Å². The first kappa shape index (κ1) is 54.0. The van der Waals surface area contributed by atoms with Crippen LogP contribution in [0.15, 0.2) is 4.42 Å². The van der Waals surface area contributed by atoms with Crippen LogP contribution in [0.2, 0.25) is 0 Å². The van der Waals surface area contributed by atoms with Crippen molar-refractivity contribution >= 4 is 421 Å². The van der Waals surface area contributed by atoms with Gasteiger partial charge in [-0.3, -0.25) is 0 Å². The van der Waals surface area contributed by atoms with Crippen molar-refractivity contribution in [2.75, 3.05) is 0 Å². The second-order valence-corrected chi connectivity index (χ2v) is 19.4. The lowest BCUT2D eigenvalue weighted by Gasteiger charge is -2.23. The zero-order valence-electron chi connectivity index (χ0n) is 40.1. The summed E-state index contributed by atoms with van der Waals surface area (Å²) in [6.07, 6.45) is 0. The molecule has 0 spiro atoms. The third-order valence-corrected chi connectivity index (χ3v) is 15.6. The predicted octanol–water partition coefficient (Wildman–Crippen LogP) is -19.1. The van der Waals surface area contributed by atoms with E-state index in [0.29, 0.717) is 25.6 Å². The molecule has 32 heteroatoms. The molecule has 0 fully saturated rings. The number of thiophene rings is 1. The van der Waals surface area contributed by atoms with E-state index in [1.807, 2.05) is 0 Å². The Morgan fingerprint density at radius 3 is 1.08 bits per heavy atom. The smallest absolute Gasteiger partial charge is 0.164 e. The van der Waals surface area contributed by atoms with E-state index in [1.54, 1.807) is 0 Å². The molecule has 5 nitrogen and oxygen atoms in total. The molecule has 0 unspecified atom stereocenters. The first-order valence-corrected chi connectivity index (χ1v) is 23.2. The van der Waals surface area contributed by atoms with Crippen LogP contribution in [-0.4, -0.2) is 224 Å². The van der Waals surface area contributed by atoms with E-state index in [1.165, 1.54) is 4.57 Å². The van der Waals surface area contributed by atoms with Crippen LogP contribution in [0.3, 0.4) is 0 Å². The highest BCUT2D eigenvalue weighted by atomic mass is 32.1. The molecule has 0 saturated heterocycles. The van der Waals surface area contributed by atoms with Crippen LogP contribution in [-0.2, 0) is 0 Å². The van der Waals surface area contributed by atoms with E-state index in [2.05, 4.69) is 0 Å². The average molecular weight is 926 g/mol. The van der Waals surface area contributed by atoms with Crippen LogP contribution >= 0.6 is 11.3 Å². The summed E-state index contributed by atoms with van der Waals surface area (Å²) in [5.74, 6) is -0.881.